The molecule has 1 N–H and O–H groups in total. The third-order valence-corrected chi connectivity index (χ3v) is 5.08. The number of aromatic nitrogens is 1. The maximum atomic E-state index is 4.43. The lowest BCUT2D eigenvalue weighted by Crippen LogP contribution is -2.37. The smallest absolute Gasteiger partial charge is 0.0961 e. The zero-order chi connectivity index (χ0) is 12.8. The van der Waals surface area contributed by atoms with Gasteiger partial charge < -0.3 is 5.32 Å². The molecule has 100 valence electrons. The Bertz CT molecular complexity index is 349. The molecule has 0 saturated heterocycles. The molecule has 0 radical (unpaired) electrons. The summed E-state index contributed by atoms with van der Waals surface area (Å²) in [5.41, 5.74) is 0. The molecule has 1 aromatic rings. The van der Waals surface area contributed by atoms with E-state index in [9.17, 15) is 0 Å². The summed E-state index contributed by atoms with van der Waals surface area (Å²) >= 11 is 5.29. The number of rotatable bonds is 6. The summed E-state index contributed by atoms with van der Waals surface area (Å²) in [6.07, 6.45) is 7.49. The monoisotopic (exact) mass is 328 g/mol. The van der Waals surface area contributed by atoms with Crippen molar-refractivity contribution in [2.24, 2.45) is 5.92 Å². The summed E-state index contributed by atoms with van der Waals surface area (Å²) in [5, 5.41) is 4.77. The van der Waals surface area contributed by atoms with Crippen molar-refractivity contribution >= 4 is 27.7 Å². The van der Waals surface area contributed by atoms with E-state index in [1.165, 1.54) is 25.7 Å². The summed E-state index contributed by atoms with van der Waals surface area (Å²) in [6.45, 7) is 3.26. The maximum Gasteiger partial charge on any atom is 0.0961 e. The van der Waals surface area contributed by atoms with Crippen LogP contribution in [-0.4, -0.2) is 23.3 Å². The predicted molar refractivity (Wildman–Crippen MR) is 82.1 cm³/mol. The van der Waals surface area contributed by atoms with Crippen LogP contribution in [0, 0.1) is 5.92 Å². The molecule has 18 heavy (non-hydrogen) atoms. The van der Waals surface area contributed by atoms with E-state index in [0.29, 0.717) is 6.04 Å². The second-order valence-electron chi connectivity index (χ2n) is 4.83. The fourth-order valence-electron chi connectivity index (χ4n) is 2.61. The summed E-state index contributed by atoms with van der Waals surface area (Å²) in [4.78, 5) is 4.43. The minimum absolute atomic E-state index is 0.646. The predicted octanol–water partition coefficient (Wildman–Crippen LogP) is 4.10. The van der Waals surface area contributed by atoms with Gasteiger partial charge >= 0.3 is 0 Å². The van der Waals surface area contributed by atoms with Crippen molar-refractivity contribution in [1.29, 1.82) is 0 Å². The van der Waals surface area contributed by atoms with E-state index in [1.54, 1.807) is 0 Å². The first kappa shape index (κ1) is 14.4. The van der Waals surface area contributed by atoms with Gasteiger partial charge in [0.15, 0.2) is 0 Å². The second-order valence-corrected chi connectivity index (χ2v) is 6.79. The highest BCUT2D eigenvalue weighted by Crippen LogP contribution is 2.30. The summed E-state index contributed by atoms with van der Waals surface area (Å²) in [7, 11) is 0. The molecule has 4 heteroatoms. The Kier molecular flexibility index (Phi) is 5.99. The lowest BCUT2D eigenvalue weighted by molar-refractivity contribution is 0.394. The molecule has 2 rings (SSSR count). The van der Waals surface area contributed by atoms with Gasteiger partial charge in [0.2, 0.25) is 0 Å². The van der Waals surface area contributed by atoms with Crippen LogP contribution in [0.15, 0.2) is 27.8 Å². The maximum absolute atomic E-state index is 4.43. The zero-order valence-corrected chi connectivity index (χ0v) is 13.3. The largest absolute Gasteiger partial charge is 0.313 e. The van der Waals surface area contributed by atoms with Gasteiger partial charge in [0, 0.05) is 22.5 Å². The minimum Gasteiger partial charge on any atom is -0.313 e. The van der Waals surface area contributed by atoms with E-state index in [1.807, 2.05) is 18.0 Å². The molecule has 1 aliphatic rings. The highest BCUT2D eigenvalue weighted by Gasteiger charge is 2.24. The van der Waals surface area contributed by atoms with Crippen molar-refractivity contribution in [1.82, 2.24) is 10.3 Å². The molecule has 0 aromatic carbocycles. The van der Waals surface area contributed by atoms with E-state index in [4.69, 9.17) is 0 Å². The van der Waals surface area contributed by atoms with Crippen LogP contribution in [0.2, 0.25) is 0 Å². The van der Waals surface area contributed by atoms with Crippen molar-refractivity contribution in [3.05, 3.63) is 22.8 Å². The fraction of sp³-hybridized carbons (Fsp3) is 0.643. The van der Waals surface area contributed by atoms with Gasteiger partial charge in [-0.2, -0.15) is 0 Å². The topological polar surface area (TPSA) is 24.9 Å². The molecule has 0 amide bonds. The van der Waals surface area contributed by atoms with Crippen molar-refractivity contribution < 1.29 is 0 Å². The Balaban J connectivity index is 1.86. The zero-order valence-electron chi connectivity index (χ0n) is 10.9. The number of hydrogen-bond donors (Lipinski definition) is 1. The standard InChI is InChI=1S/C14H21BrN2S/c1-2-16-13(11-5-3-4-6-11)10-18-14-8-7-12(15)9-17-14/h7-9,11,13,16H,2-6,10H2,1H3. The quantitative estimate of drug-likeness (QED) is 0.795. The van der Waals surface area contributed by atoms with Gasteiger partial charge in [-0.1, -0.05) is 19.8 Å². The van der Waals surface area contributed by atoms with Crippen molar-refractivity contribution in [2.75, 3.05) is 12.3 Å². The van der Waals surface area contributed by atoms with Crippen LogP contribution in [0.3, 0.4) is 0 Å². The number of nitrogens with zero attached hydrogens (tertiary/aromatic N) is 1. The third-order valence-electron chi connectivity index (χ3n) is 3.55. The van der Waals surface area contributed by atoms with Gasteiger partial charge in [0.1, 0.15) is 0 Å². The van der Waals surface area contributed by atoms with Crippen LogP contribution in [0.4, 0.5) is 0 Å². The van der Waals surface area contributed by atoms with Gasteiger partial charge in [-0.25, -0.2) is 4.98 Å². The first-order valence-electron chi connectivity index (χ1n) is 6.77. The minimum atomic E-state index is 0.646. The molecular formula is C14H21BrN2S. The average Bonchev–Trinajstić information content (AvgIpc) is 2.90. The molecule has 1 fully saturated rings. The third kappa shape index (κ3) is 4.25. The highest BCUT2D eigenvalue weighted by atomic mass is 79.9. The molecular weight excluding hydrogens is 308 g/mol. The second kappa shape index (κ2) is 7.51. The molecule has 1 heterocycles. The fourth-order valence-corrected chi connectivity index (χ4v) is 3.87. The Hall–Kier alpha value is -0.0600. The number of pyridine rings is 1. The molecule has 1 unspecified atom stereocenters. The van der Waals surface area contributed by atoms with E-state index in [-0.39, 0.29) is 0 Å². The lowest BCUT2D eigenvalue weighted by Gasteiger charge is -2.23. The normalized spacial score (nSPS) is 18.1. The van der Waals surface area contributed by atoms with Gasteiger partial charge in [0.25, 0.3) is 0 Å². The summed E-state index contributed by atoms with van der Waals surface area (Å²) < 4.78 is 1.05. The molecule has 1 atom stereocenters. The summed E-state index contributed by atoms with van der Waals surface area (Å²) in [5.74, 6) is 2.00. The molecule has 0 bridgehead atoms. The number of halogens is 1. The SMILES string of the molecule is CCNC(CSc1ccc(Br)cn1)C1CCCC1. The Labute approximate surface area is 122 Å². The average molecular weight is 329 g/mol. The van der Waals surface area contributed by atoms with Crippen LogP contribution >= 0.6 is 27.7 Å². The Morgan fingerprint density at radius 1 is 1.44 bits per heavy atom. The molecule has 1 aliphatic carbocycles. The van der Waals surface area contributed by atoms with Crippen molar-refractivity contribution in [2.45, 2.75) is 43.7 Å². The van der Waals surface area contributed by atoms with Gasteiger partial charge in [-0.15, -0.1) is 11.8 Å². The van der Waals surface area contributed by atoms with E-state index in [0.717, 1.165) is 27.7 Å². The summed E-state index contributed by atoms with van der Waals surface area (Å²) in [6, 6.07) is 4.80. The van der Waals surface area contributed by atoms with Crippen LogP contribution in [0.25, 0.3) is 0 Å². The van der Waals surface area contributed by atoms with Crippen LogP contribution in [-0.2, 0) is 0 Å². The first-order valence-corrected chi connectivity index (χ1v) is 8.55. The van der Waals surface area contributed by atoms with Crippen LogP contribution < -0.4 is 5.32 Å². The highest BCUT2D eigenvalue weighted by molar-refractivity contribution is 9.10. The number of nitrogens with one attached hydrogen (secondary N) is 1. The Morgan fingerprint density at radius 2 is 2.22 bits per heavy atom. The van der Waals surface area contributed by atoms with Gasteiger partial charge in [-0.3, -0.25) is 0 Å². The van der Waals surface area contributed by atoms with E-state index >= 15 is 0 Å². The van der Waals surface area contributed by atoms with Crippen LogP contribution in [0.1, 0.15) is 32.6 Å². The van der Waals surface area contributed by atoms with Crippen molar-refractivity contribution in [3.8, 4) is 0 Å². The number of thioether (sulfide) groups is 1. The van der Waals surface area contributed by atoms with Gasteiger partial charge in [0.05, 0.1) is 5.03 Å². The Morgan fingerprint density at radius 3 is 2.83 bits per heavy atom. The molecule has 0 spiro atoms. The van der Waals surface area contributed by atoms with E-state index < -0.39 is 0 Å². The molecule has 0 aliphatic heterocycles. The van der Waals surface area contributed by atoms with E-state index in [2.05, 4.69) is 45.3 Å². The lowest BCUT2D eigenvalue weighted by atomic mass is 10.00. The molecule has 2 nitrogen and oxygen atoms in total. The first-order chi connectivity index (χ1) is 8.79. The van der Waals surface area contributed by atoms with Crippen LogP contribution in [0.5, 0.6) is 0 Å². The van der Waals surface area contributed by atoms with Crippen molar-refractivity contribution in [3.63, 3.8) is 0 Å². The van der Waals surface area contributed by atoms with Gasteiger partial charge in [-0.05, 0) is 53.4 Å². The molecule has 1 aromatic heterocycles. The molecule has 1 saturated carbocycles. The number of hydrogen-bond acceptors (Lipinski definition) is 3.